The van der Waals surface area contributed by atoms with E-state index in [4.69, 9.17) is 9.47 Å². The molecular formula is C20H32ClNO3. The fraction of sp³-hybridized carbons (Fsp3) is 0.600. The van der Waals surface area contributed by atoms with Crippen LogP contribution >= 0.6 is 12.4 Å². The lowest BCUT2D eigenvalue weighted by Gasteiger charge is -2.32. The van der Waals surface area contributed by atoms with Crippen molar-refractivity contribution in [2.75, 3.05) is 27.3 Å². The van der Waals surface area contributed by atoms with Gasteiger partial charge in [-0.15, -0.1) is 19.0 Å². The molecule has 1 aromatic rings. The molecule has 4 nitrogen and oxygen atoms in total. The maximum atomic E-state index is 10.3. The van der Waals surface area contributed by atoms with Crippen LogP contribution in [0.25, 0.3) is 0 Å². The molecule has 1 saturated carbocycles. The van der Waals surface area contributed by atoms with Crippen molar-refractivity contribution in [3.63, 3.8) is 0 Å². The van der Waals surface area contributed by atoms with E-state index in [0.717, 1.165) is 17.1 Å². The van der Waals surface area contributed by atoms with Crippen molar-refractivity contribution in [2.45, 2.75) is 50.7 Å². The largest absolute Gasteiger partial charge is 0.497 e. The number of methoxy groups -OCH3 is 1. The second kappa shape index (κ2) is 11.4. The first-order valence-corrected chi connectivity index (χ1v) is 8.93. The maximum Gasteiger partial charge on any atom is 0.123 e. The second-order valence-corrected chi connectivity index (χ2v) is 6.66. The van der Waals surface area contributed by atoms with Gasteiger partial charge in [-0.25, -0.2) is 0 Å². The van der Waals surface area contributed by atoms with E-state index in [0.29, 0.717) is 25.6 Å². The third kappa shape index (κ3) is 6.89. The molecule has 5 heteroatoms. The van der Waals surface area contributed by atoms with Crippen LogP contribution in [0, 0.1) is 0 Å². The van der Waals surface area contributed by atoms with Crippen LogP contribution in [0.3, 0.4) is 0 Å². The molecule has 0 radical (unpaired) electrons. The van der Waals surface area contributed by atoms with Gasteiger partial charge in [0.05, 0.1) is 7.11 Å². The van der Waals surface area contributed by atoms with Gasteiger partial charge < -0.3 is 19.5 Å². The van der Waals surface area contributed by atoms with Gasteiger partial charge in [-0.05, 0) is 44.5 Å². The molecule has 1 atom stereocenters. The lowest BCUT2D eigenvalue weighted by molar-refractivity contribution is 0.0559. The van der Waals surface area contributed by atoms with Crippen LogP contribution in [-0.2, 0) is 6.42 Å². The van der Waals surface area contributed by atoms with Gasteiger partial charge in [-0.1, -0.05) is 25.3 Å². The number of nitrogens with zero attached hydrogens (tertiary/aromatic N) is 1. The minimum absolute atomic E-state index is 0. The fourth-order valence-corrected chi connectivity index (χ4v) is 3.38. The average Bonchev–Trinajstić information content (AvgIpc) is 2.61. The molecule has 1 N–H and O–H groups in total. The first kappa shape index (κ1) is 21.8. The fourth-order valence-electron chi connectivity index (χ4n) is 3.38. The Balaban J connectivity index is 0.00000312. The molecule has 1 aliphatic carbocycles. The Bertz CT molecular complexity index is 518. The zero-order chi connectivity index (χ0) is 17.4. The quantitative estimate of drug-likeness (QED) is 0.671. The summed E-state index contributed by atoms with van der Waals surface area (Å²) >= 11 is 0. The smallest absolute Gasteiger partial charge is 0.123 e. The summed E-state index contributed by atoms with van der Waals surface area (Å²) in [5.41, 5.74) is 1.03. The van der Waals surface area contributed by atoms with Crippen molar-refractivity contribution in [1.29, 1.82) is 0 Å². The van der Waals surface area contributed by atoms with E-state index in [1.807, 2.05) is 24.3 Å². The summed E-state index contributed by atoms with van der Waals surface area (Å²) in [5, 5.41) is 10.3. The number of rotatable bonds is 9. The number of aliphatic hydroxyl groups is 1. The standard InChI is InChI=1S/C20H31NO3.ClH/c1-4-8-16-13-19(23-3)11-12-20(16)24-15-18(22)14-21(2)17-9-6-5-7-10-17;/h4,11-13,17-18,22H,1,5-10,14-15H2,2-3H3;1H. The van der Waals surface area contributed by atoms with Gasteiger partial charge in [0.25, 0.3) is 0 Å². The number of hydrogen-bond donors (Lipinski definition) is 1. The number of aliphatic hydroxyl groups excluding tert-OH is 1. The highest BCUT2D eigenvalue weighted by atomic mass is 35.5. The molecule has 0 amide bonds. The van der Waals surface area contributed by atoms with Gasteiger partial charge in [-0.3, -0.25) is 0 Å². The summed E-state index contributed by atoms with van der Waals surface area (Å²) in [6.45, 7) is 4.74. The molecule has 142 valence electrons. The van der Waals surface area contributed by atoms with Gasteiger partial charge >= 0.3 is 0 Å². The van der Waals surface area contributed by atoms with E-state index < -0.39 is 6.10 Å². The molecule has 1 unspecified atom stereocenters. The number of benzene rings is 1. The van der Waals surface area contributed by atoms with Crippen molar-refractivity contribution in [2.24, 2.45) is 0 Å². The third-order valence-corrected chi connectivity index (χ3v) is 4.76. The Morgan fingerprint density at radius 3 is 2.68 bits per heavy atom. The van der Waals surface area contributed by atoms with Gasteiger partial charge in [0.2, 0.25) is 0 Å². The van der Waals surface area contributed by atoms with Crippen LogP contribution in [0.2, 0.25) is 0 Å². The predicted molar refractivity (Wildman–Crippen MR) is 105 cm³/mol. The minimum atomic E-state index is -0.490. The molecular weight excluding hydrogens is 338 g/mol. The lowest BCUT2D eigenvalue weighted by atomic mass is 9.94. The van der Waals surface area contributed by atoms with Gasteiger partial charge in [0.1, 0.15) is 24.2 Å². The Morgan fingerprint density at radius 1 is 1.32 bits per heavy atom. The predicted octanol–water partition coefficient (Wildman–Crippen LogP) is 3.85. The van der Waals surface area contributed by atoms with Crippen molar-refractivity contribution in [3.8, 4) is 11.5 Å². The van der Waals surface area contributed by atoms with E-state index in [1.165, 1.54) is 32.1 Å². The normalized spacial score (nSPS) is 16.2. The number of likely N-dealkylation sites (N-methyl/N-ethyl adjacent to an activating group) is 1. The average molecular weight is 370 g/mol. The van der Waals surface area contributed by atoms with Gasteiger partial charge in [-0.2, -0.15) is 0 Å². The van der Waals surface area contributed by atoms with Gasteiger partial charge in [0.15, 0.2) is 0 Å². The van der Waals surface area contributed by atoms with Crippen LogP contribution in [-0.4, -0.2) is 49.5 Å². The monoisotopic (exact) mass is 369 g/mol. The summed E-state index contributed by atoms with van der Waals surface area (Å²) < 4.78 is 11.1. The van der Waals surface area contributed by atoms with Crippen LogP contribution in [0.5, 0.6) is 11.5 Å². The summed E-state index contributed by atoms with van der Waals surface area (Å²) in [5.74, 6) is 1.59. The molecule has 1 aromatic carbocycles. The molecule has 0 heterocycles. The Kier molecular flexibility index (Phi) is 9.94. The molecule has 0 aliphatic heterocycles. The molecule has 1 aliphatic rings. The highest BCUT2D eigenvalue weighted by Gasteiger charge is 2.20. The molecule has 2 rings (SSSR count). The van der Waals surface area contributed by atoms with Crippen molar-refractivity contribution < 1.29 is 14.6 Å². The summed E-state index contributed by atoms with van der Waals surface area (Å²) in [4.78, 5) is 2.28. The maximum absolute atomic E-state index is 10.3. The van der Waals surface area contributed by atoms with E-state index in [2.05, 4.69) is 18.5 Å². The molecule has 0 spiro atoms. The number of halogens is 1. The van der Waals surface area contributed by atoms with Crippen LogP contribution in [0.4, 0.5) is 0 Å². The summed E-state index contributed by atoms with van der Waals surface area (Å²) in [7, 11) is 3.76. The van der Waals surface area contributed by atoms with Crippen LogP contribution < -0.4 is 9.47 Å². The van der Waals surface area contributed by atoms with E-state index in [1.54, 1.807) is 7.11 Å². The molecule has 25 heavy (non-hydrogen) atoms. The highest BCUT2D eigenvalue weighted by Crippen LogP contribution is 2.25. The van der Waals surface area contributed by atoms with Crippen molar-refractivity contribution in [3.05, 3.63) is 36.4 Å². The summed E-state index contributed by atoms with van der Waals surface area (Å²) in [6.07, 6.45) is 8.50. The van der Waals surface area contributed by atoms with E-state index in [-0.39, 0.29) is 12.4 Å². The lowest BCUT2D eigenvalue weighted by Crippen LogP contribution is -2.40. The number of ether oxygens (including phenoxy) is 2. The van der Waals surface area contributed by atoms with Gasteiger partial charge in [0, 0.05) is 18.2 Å². The molecule has 0 aromatic heterocycles. The second-order valence-electron chi connectivity index (χ2n) is 6.66. The minimum Gasteiger partial charge on any atom is -0.497 e. The first-order chi connectivity index (χ1) is 11.6. The third-order valence-electron chi connectivity index (χ3n) is 4.76. The Labute approximate surface area is 158 Å². The van der Waals surface area contributed by atoms with Crippen LogP contribution in [0.15, 0.2) is 30.9 Å². The summed E-state index contributed by atoms with van der Waals surface area (Å²) in [6, 6.07) is 6.33. The number of hydrogen-bond acceptors (Lipinski definition) is 4. The Hall–Kier alpha value is -1.23. The number of allylic oxidation sites excluding steroid dienone is 1. The van der Waals surface area contributed by atoms with Crippen molar-refractivity contribution >= 4 is 12.4 Å². The highest BCUT2D eigenvalue weighted by molar-refractivity contribution is 5.85. The van der Waals surface area contributed by atoms with E-state index in [9.17, 15) is 5.11 Å². The Morgan fingerprint density at radius 2 is 2.04 bits per heavy atom. The topological polar surface area (TPSA) is 41.9 Å². The zero-order valence-electron chi connectivity index (χ0n) is 15.4. The first-order valence-electron chi connectivity index (χ1n) is 8.93. The van der Waals surface area contributed by atoms with E-state index >= 15 is 0 Å². The molecule has 0 bridgehead atoms. The van der Waals surface area contributed by atoms with Crippen LogP contribution in [0.1, 0.15) is 37.7 Å². The molecule has 0 saturated heterocycles. The zero-order valence-corrected chi connectivity index (χ0v) is 16.3. The molecule has 1 fully saturated rings. The van der Waals surface area contributed by atoms with Crippen molar-refractivity contribution in [1.82, 2.24) is 4.90 Å². The SMILES string of the molecule is C=CCc1cc(OC)ccc1OCC(O)CN(C)C1CCCCC1.Cl.